The summed E-state index contributed by atoms with van der Waals surface area (Å²) in [6, 6.07) is 14.3. The van der Waals surface area contributed by atoms with E-state index in [1.165, 1.54) is 18.2 Å². The van der Waals surface area contributed by atoms with Crippen molar-refractivity contribution < 1.29 is 14.5 Å². The SMILES string of the molecule is O=C(N[C@@H](OCc1ccccc1)C(Cl)(Cl)Cl)c1cccc([N+](=O)[O-])c1. The Hall–Kier alpha value is -1.86. The molecule has 0 fully saturated rings. The molecule has 0 aromatic heterocycles. The van der Waals surface area contributed by atoms with Gasteiger partial charge in [-0.15, -0.1) is 0 Å². The van der Waals surface area contributed by atoms with E-state index < -0.39 is 20.9 Å². The van der Waals surface area contributed by atoms with Gasteiger partial charge in [-0.25, -0.2) is 0 Å². The number of nitro benzene ring substituents is 1. The lowest BCUT2D eigenvalue weighted by atomic mass is 10.2. The molecule has 0 aliphatic heterocycles. The number of carbonyl (C=O) groups excluding carboxylic acids is 1. The van der Waals surface area contributed by atoms with Crippen molar-refractivity contribution in [3.05, 3.63) is 75.8 Å². The molecule has 1 amide bonds. The number of nitrogens with zero attached hydrogens (tertiary/aromatic N) is 1. The standard InChI is InChI=1S/C16H13Cl3N2O4/c17-16(18,19)15(25-10-11-5-2-1-3-6-11)20-14(22)12-7-4-8-13(9-12)21(23)24/h1-9,15H,10H2,(H,20,22)/t15-/m0/s1. The Morgan fingerprint density at radius 3 is 2.44 bits per heavy atom. The van der Waals surface area contributed by atoms with Gasteiger partial charge in [0.15, 0.2) is 6.23 Å². The number of carbonyl (C=O) groups is 1. The second kappa shape index (κ2) is 8.49. The quantitative estimate of drug-likeness (QED) is 0.338. The second-order valence-corrected chi connectivity index (χ2v) is 7.37. The fourth-order valence-corrected chi connectivity index (χ4v) is 2.29. The van der Waals surface area contributed by atoms with E-state index in [9.17, 15) is 14.9 Å². The molecular weight excluding hydrogens is 391 g/mol. The lowest BCUT2D eigenvalue weighted by Gasteiger charge is -2.25. The van der Waals surface area contributed by atoms with Gasteiger partial charge in [-0.2, -0.15) is 0 Å². The van der Waals surface area contributed by atoms with Gasteiger partial charge in [0.2, 0.25) is 3.79 Å². The zero-order valence-electron chi connectivity index (χ0n) is 12.7. The highest BCUT2D eigenvalue weighted by atomic mass is 35.6. The van der Waals surface area contributed by atoms with Crippen LogP contribution in [0.5, 0.6) is 0 Å². The summed E-state index contributed by atoms with van der Waals surface area (Å²) in [5.74, 6) is -0.659. The first kappa shape index (κ1) is 19.5. The first-order valence-electron chi connectivity index (χ1n) is 7.05. The van der Waals surface area contributed by atoms with Crippen molar-refractivity contribution in [3.63, 3.8) is 0 Å². The minimum absolute atomic E-state index is 0.0526. The van der Waals surface area contributed by atoms with Crippen molar-refractivity contribution in [1.29, 1.82) is 0 Å². The second-order valence-electron chi connectivity index (χ2n) is 5.00. The zero-order valence-corrected chi connectivity index (χ0v) is 15.0. The number of nitro groups is 1. The van der Waals surface area contributed by atoms with Crippen LogP contribution in [0.15, 0.2) is 54.6 Å². The van der Waals surface area contributed by atoms with Crippen LogP contribution in [0.25, 0.3) is 0 Å². The Balaban J connectivity index is 2.10. The van der Waals surface area contributed by atoms with E-state index in [1.807, 2.05) is 30.3 Å². The topological polar surface area (TPSA) is 81.5 Å². The number of hydrogen-bond acceptors (Lipinski definition) is 4. The third-order valence-electron chi connectivity index (χ3n) is 3.14. The minimum atomic E-state index is -1.93. The Morgan fingerprint density at radius 1 is 1.16 bits per heavy atom. The van der Waals surface area contributed by atoms with Crippen LogP contribution >= 0.6 is 34.8 Å². The Morgan fingerprint density at radius 2 is 1.84 bits per heavy atom. The van der Waals surface area contributed by atoms with Crippen LogP contribution in [0, 0.1) is 10.1 Å². The summed E-state index contributed by atoms with van der Waals surface area (Å²) in [7, 11) is 0. The molecule has 6 nitrogen and oxygen atoms in total. The zero-order chi connectivity index (χ0) is 18.4. The van der Waals surface area contributed by atoms with Crippen molar-refractivity contribution in [3.8, 4) is 0 Å². The maximum Gasteiger partial charge on any atom is 0.270 e. The third-order valence-corrected chi connectivity index (χ3v) is 3.73. The normalized spacial score (nSPS) is 12.4. The van der Waals surface area contributed by atoms with Gasteiger partial charge >= 0.3 is 0 Å². The fraction of sp³-hybridized carbons (Fsp3) is 0.188. The van der Waals surface area contributed by atoms with Crippen LogP contribution in [0.4, 0.5) is 5.69 Å². The lowest BCUT2D eigenvalue weighted by molar-refractivity contribution is -0.384. The Labute approximate surface area is 158 Å². The molecule has 0 saturated carbocycles. The molecule has 0 aliphatic carbocycles. The number of alkyl halides is 3. The van der Waals surface area contributed by atoms with Gasteiger partial charge < -0.3 is 10.1 Å². The van der Waals surface area contributed by atoms with E-state index in [1.54, 1.807) is 0 Å². The molecule has 0 radical (unpaired) electrons. The van der Waals surface area contributed by atoms with Crippen LogP contribution < -0.4 is 5.32 Å². The summed E-state index contributed by atoms with van der Waals surface area (Å²) in [4.78, 5) is 22.5. The molecule has 9 heteroatoms. The summed E-state index contributed by atoms with van der Waals surface area (Å²) in [6.07, 6.45) is -1.25. The minimum Gasteiger partial charge on any atom is -0.349 e. The van der Waals surface area contributed by atoms with Crippen LogP contribution in [-0.4, -0.2) is 20.9 Å². The third kappa shape index (κ3) is 5.86. The van der Waals surface area contributed by atoms with Gasteiger partial charge in [-0.05, 0) is 11.6 Å². The van der Waals surface area contributed by atoms with Crippen molar-refractivity contribution >= 4 is 46.4 Å². The molecule has 2 aromatic carbocycles. The molecule has 1 N–H and O–H groups in total. The summed E-state index contributed by atoms with van der Waals surface area (Å²) < 4.78 is 3.58. The molecule has 0 unspecified atom stereocenters. The van der Waals surface area contributed by atoms with E-state index >= 15 is 0 Å². The van der Waals surface area contributed by atoms with Crippen molar-refractivity contribution in [2.45, 2.75) is 16.6 Å². The number of halogens is 3. The van der Waals surface area contributed by atoms with Crippen LogP contribution in [0.1, 0.15) is 15.9 Å². The maximum atomic E-state index is 12.3. The molecule has 2 aromatic rings. The molecule has 0 spiro atoms. The average Bonchev–Trinajstić information content (AvgIpc) is 2.58. The molecule has 1 atom stereocenters. The van der Waals surface area contributed by atoms with Gasteiger partial charge in [0, 0.05) is 17.7 Å². The van der Waals surface area contributed by atoms with E-state index in [2.05, 4.69) is 5.32 Å². The average molecular weight is 404 g/mol. The summed E-state index contributed by atoms with van der Waals surface area (Å²) in [6.45, 7) is 0.106. The van der Waals surface area contributed by atoms with Crippen LogP contribution in [0.2, 0.25) is 0 Å². The number of non-ortho nitro benzene ring substituents is 1. The van der Waals surface area contributed by atoms with Crippen molar-refractivity contribution in [2.75, 3.05) is 0 Å². The van der Waals surface area contributed by atoms with Gasteiger partial charge in [-0.1, -0.05) is 71.2 Å². The number of amides is 1. The Bertz CT molecular complexity index is 751. The molecule has 0 heterocycles. The molecule has 0 aliphatic rings. The highest BCUT2D eigenvalue weighted by Gasteiger charge is 2.35. The van der Waals surface area contributed by atoms with Gasteiger partial charge in [0.25, 0.3) is 11.6 Å². The summed E-state index contributed by atoms with van der Waals surface area (Å²) in [5.41, 5.74) is 0.659. The molecule has 0 bridgehead atoms. The highest BCUT2D eigenvalue weighted by Crippen LogP contribution is 2.31. The van der Waals surface area contributed by atoms with Crippen molar-refractivity contribution in [1.82, 2.24) is 5.32 Å². The largest absolute Gasteiger partial charge is 0.349 e. The molecule has 2 rings (SSSR count). The van der Waals surface area contributed by atoms with Crippen LogP contribution in [0.3, 0.4) is 0 Å². The lowest BCUT2D eigenvalue weighted by Crippen LogP contribution is -2.45. The first-order chi connectivity index (χ1) is 11.8. The predicted molar refractivity (Wildman–Crippen MR) is 95.9 cm³/mol. The van der Waals surface area contributed by atoms with Gasteiger partial charge in [0.05, 0.1) is 11.5 Å². The number of benzene rings is 2. The molecular formula is C16H13Cl3N2O4. The number of ether oxygens (including phenoxy) is 1. The van der Waals surface area contributed by atoms with Crippen molar-refractivity contribution in [2.24, 2.45) is 0 Å². The van der Waals surface area contributed by atoms with E-state index in [0.29, 0.717) is 0 Å². The van der Waals surface area contributed by atoms with Crippen LogP contribution in [-0.2, 0) is 11.3 Å². The number of hydrogen-bond donors (Lipinski definition) is 1. The predicted octanol–water partition coefficient (Wildman–Crippen LogP) is 4.24. The van der Waals surface area contributed by atoms with Gasteiger partial charge in [-0.3, -0.25) is 14.9 Å². The maximum absolute atomic E-state index is 12.3. The summed E-state index contributed by atoms with van der Waals surface area (Å²) in [5, 5.41) is 13.2. The summed E-state index contributed by atoms with van der Waals surface area (Å²) >= 11 is 17.6. The van der Waals surface area contributed by atoms with E-state index in [-0.39, 0.29) is 17.9 Å². The molecule has 25 heavy (non-hydrogen) atoms. The smallest absolute Gasteiger partial charge is 0.270 e. The monoisotopic (exact) mass is 402 g/mol. The molecule has 0 saturated heterocycles. The first-order valence-corrected chi connectivity index (χ1v) is 8.18. The number of rotatable bonds is 6. The molecule has 132 valence electrons. The highest BCUT2D eigenvalue weighted by molar-refractivity contribution is 6.68. The van der Waals surface area contributed by atoms with E-state index in [4.69, 9.17) is 39.5 Å². The van der Waals surface area contributed by atoms with E-state index in [0.717, 1.165) is 11.6 Å². The number of nitrogens with one attached hydrogen (secondary N) is 1. The van der Waals surface area contributed by atoms with Gasteiger partial charge in [0.1, 0.15) is 0 Å². The Kier molecular flexibility index (Phi) is 6.61. The fourth-order valence-electron chi connectivity index (χ4n) is 1.93.